The molecule has 3 rings (SSSR count). The van der Waals surface area contributed by atoms with Crippen molar-refractivity contribution in [2.24, 2.45) is 0 Å². The van der Waals surface area contributed by atoms with Crippen LogP contribution in [0.5, 0.6) is 0 Å². The summed E-state index contributed by atoms with van der Waals surface area (Å²) in [6.07, 6.45) is 0. The third kappa shape index (κ3) is 4.95. The molecule has 0 saturated carbocycles. The third-order valence-corrected chi connectivity index (χ3v) is 4.52. The Morgan fingerprint density at radius 3 is 2.54 bits per heavy atom. The molecule has 2 aromatic carbocycles. The van der Waals surface area contributed by atoms with Crippen molar-refractivity contribution < 1.29 is 4.79 Å². The van der Waals surface area contributed by atoms with E-state index in [0.717, 1.165) is 32.7 Å². The molecule has 0 aliphatic rings. The number of amides is 2. The van der Waals surface area contributed by atoms with Crippen LogP contribution >= 0.6 is 15.9 Å². The molecule has 3 aromatic rings. The molecular formula is C20H21BrN4O. The number of carbonyl (C=O) groups is 1. The van der Waals surface area contributed by atoms with Gasteiger partial charge >= 0.3 is 6.03 Å². The van der Waals surface area contributed by atoms with Gasteiger partial charge in [-0.2, -0.15) is 5.10 Å². The highest BCUT2D eigenvalue weighted by Crippen LogP contribution is 2.14. The zero-order valence-corrected chi connectivity index (χ0v) is 16.4. The molecule has 5 nitrogen and oxygen atoms in total. The fourth-order valence-electron chi connectivity index (χ4n) is 2.72. The molecule has 2 amide bonds. The molecule has 2 N–H and O–H groups in total. The fraction of sp³-hybridized carbons (Fsp3) is 0.200. The van der Waals surface area contributed by atoms with Crippen molar-refractivity contribution in [1.82, 2.24) is 15.1 Å². The first-order valence-corrected chi connectivity index (χ1v) is 9.18. The van der Waals surface area contributed by atoms with Crippen LogP contribution in [0.4, 0.5) is 10.5 Å². The number of halogens is 1. The lowest BCUT2D eigenvalue weighted by Gasteiger charge is -2.10. The maximum atomic E-state index is 12.1. The van der Waals surface area contributed by atoms with Gasteiger partial charge in [-0.3, -0.25) is 4.68 Å². The van der Waals surface area contributed by atoms with Crippen LogP contribution in [0.1, 0.15) is 22.5 Å². The average Bonchev–Trinajstić information content (AvgIpc) is 2.92. The summed E-state index contributed by atoms with van der Waals surface area (Å²) < 4.78 is 2.98. The van der Waals surface area contributed by atoms with Crippen molar-refractivity contribution in [1.29, 1.82) is 0 Å². The summed E-state index contributed by atoms with van der Waals surface area (Å²) in [4.78, 5) is 12.1. The van der Waals surface area contributed by atoms with Crippen LogP contribution in [-0.4, -0.2) is 15.8 Å². The molecular weight excluding hydrogens is 392 g/mol. The molecule has 0 bridgehead atoms. The molecule has 134 valence electrons. The van der Waals surface area contributed by atoms with Gasteiger partial charge < -0.3 is 10.6 Å². The SMILES string of the molecule is Cc1cc(C)n(Cc2cccc(NC(=O)NCc3ccc(Br)cc3)c2)n1. The first-order chi connectivity index (χ1) is 12.5. The highest BCUT2D eigenvalue weighted by molar-refractivity contribution is 9.10. The molecule has 1 aromatic heterocycles. The van der Waals surface area contributed by atoms with Crippen LogP contribution in [-0.2, 0) is 13.1 Å². The standard InChI is InChI=1S/C20H21BrN4O/c1-14-10-15(2)25(24-14)13-17-4-3-5-19(11-17)23-20(26)22-12-16-6-8-18(21)9-7-16/h3-11H,12-13H2,1-2H3,(H2,22,23,26). The van der Waals surface area contributed by atoms with E-state index in [2.05, 4.69) is 37.7 Å². The third-order valence-electron chi connectivity index (χ3n) is 3.99. The predicted octanol–water partition coefficient (Wildman–Crippen LogP) is 4.63. The Morgan fingerprint density at radius 2 is 1.85 bits per heavy atom. The van der Waals surface area contributed by atoms with Crippen LogP contribution in [0.2, 0.25) is 0 Å². The van der Waals surface area contributed by atoms with E-state index in [1.54, 1.807) is 0 Å². The number of hydrogen-bond acceptors (Lipinski definition) is 2. The molecule has 0 radical (unpaired) electrons. The van der Waals surface area contributed by atoms with Crippen LogP contribution in [0.15, 0.2) is 59.1 Å². The van der Waals surface area contributed by atoms with Crippen molar-refractivity contribution in [3.05, 3.63) is 81.6 Å². The topological polar surface area (TPSA) is 59.0 Å². The van der Waals surface area contributed by atoms with Gasteiger partial charge in [-0.25, -0.2) is 4.79 Å². The number of aromatic nitrogens is 2. The highest BCUT2D eigenvalue weighted by atomic mass is 79.9. The molecule has 6 heteroatoms. The number of anilines is 1. The van der Waals surface area contributed by atoms with E-state index >= 15 is 0 Å². The zero-order valence-electron chi connectivity index (χ0n) is 14.8. The maximum absolute atomic E-state index is 12.1. The van der Waals surface area contributed by atoms with E-state index in [1.165, 1.54) is 0 Å². The number of benzene rings is 2. The Labute approximate surface area is 161 Å². The summed E-state index contributed by atoms with van der Waals surface area (Å²) in [6, 6.07) is 17.5. The largest absolute Gasteiger partial charge is 0.334 e. The Balaban J connectivity index is 1.58. The monoisotopic (exact) mass is 412 g/mol. The summed E-state index contributed by atoms with van der Waals surface area (Å²) >= 11 is 3.40. The summed E-state index contributed by atoms with van der Waals surface area (Å²) in [6.45, 7) is 5.18. The van der Waals surface area contributed by atoms with E-state index in [-0.39, 0.29) is 6.03 Å². The van der Waals surface area contributed by atoms with Crippen molar-refractivity contribution in [3.63, 3.8) is 0 Å². The highest BCUT2D eigenvalue weighted by Gasteiger charge is 2.05. The predicted molar refractivity (Wildman–Crippen MR) is 107 cm³/mol. The fourth-order valence-corrected chi connectivity index (χ4v) is 2.98. The van der Waals surface area contributed by atoms with E-state index in [4.69, 9.17) is 0 Å². The summed E-state index contributed by atoms with van der Waals surface area (Å²) in [5, 5.41) is 10.2. The number of carbonyl (C=O) groups excluding carboxylic acids is 1. The van der Waals surface area contributed by atoms with Gasteiger partial charge in [0.1, 0.15) is 0 Å². The molecule has 0 aliphatic carbocycles. The van der Waals surface area contributed by atoms with Crippen LogP contribution in [0, 0.1) is 13.8 Å². The van der Waals surface area contributed by atoms with Gasteiger partial charge in [0.05, 0.1) is 12.2 Å². The van der Waals surface area contributed by atoms with Gasteiger partial charge in [-0.15, -0.1) is 0 Å². The minimum Gasteiger partial charge on any atom is -0.334 e. The molecule has 0 aliphatic heterocycles. The summed E-state index contributed by atoms with van der Waals surface area (Å²) in [5.41, 5.74) is 5.01. The molecule has 0 fully saturated rings. The number of aryl methyl sites for hydroxylation is 2. The molecule has 0 saturated heterocycles. The first-order valence-electron chi connectivity index (χ1n) is 8.39. The molecule has 0 atom stereocenters. The summed E-state index contributed by atoms with van der Waals surface area (Å²) in [7, 11) is 0. The average molecular weight is 413 g/mol. The Bertz CT molecular complexity index is 902. The second-order valence-corrected chi connectivity index (χ2v) is 7.13. The van der Waals surface area contributed by atoms with Crippen LogP contribution in [0.25, 0.3) is 0 Å². The molecule has 26 heavy (non-hydrogen) atoms. The van der Waals surface area contributed by atoms with Gasteiger partial charge in [0.25, 0.3) is 0 Å². The quantitative estimate of drug-likeness (QED) is 0.641. The van der Waals surface area contributed by atoms with E-state index in [9.17, 15) is 4.79 Å². The van der Waals surface area contributed by atoms with Crippen LogP contribution < -0.4 is 10.6 Å². The summed E-state index contributed by atoms with van der Waals surface area (Å²) in [5.74, 6) is 0. The first kappa shape index (κ1) is 18.2. The minimum absolute atomic E-state index is 0.226. The lowest BCUT2D eigenvalue weighted by atomic mass is 10.2. The number of nitrogens with zero attached hydrogens (tertiary/aromatic N) is 2. The minimum atomic E-state index is -0.226. The molecule has 0 spiro atoms. The Hall–Kier alpha value is -2.60. The van der Waals surface area contributed by atoms with E-state index in [0.29, 0.717) is 13.1 Å². The van der Waals surface area contributed by atoms with Gasteiger partial charge in [0, 0.05) is 22.4 Å². The second kappa shape index (κ2) is 8.19. The second-order valence-electron chi connectivity index (χ2n) is 6.22. The van der Waals surface area contributed by atoms with Crippen molar-refractivity contribution >= 4 is 27.6 Å². The van der Waals surface area contributed by atoms with Crippen molar-refractivity contribution in [2.45, 2.75) is 26.9 Å². The van der Waals surface area contributed by atoms with Crippen molar-refractivity contribution in [2.75, 3.05) is 5.32 Å². The number of urea groups is 1. The van der Waals surface area contributed by atoms with Gasteiger partial charge in [-0.1, -0.05) is 40.2 Å². The smallest absolute Gasteiger partial charge is 0.319 e. The van der Waals surface area contributed by atoms with E-state index < -0.39 is 0 Å². The lowest BCUT2D eigenvalue weighted by molar-refractivity contribution is 0.251. The number of nitrogens with one attached hydrogen (secondary N) is 2. The van der Waals surface area contributed by atoms with Gasteiger partial charge in [-0.05, 0) is 55.3 Å². The zero-order chi connectivity index (χ0) is 18.5. The van der Waals surface area contributed by atoms with Crippen molar-refractivity contribution in [3.8, 4) is 0 Å². The molecule has 0 unspecified atom stereocenters. The molecule has 1 heterocycles. The van der Waals surface area contributed by atoms with Gasteiger partial charge in [0.15, 0.2) is 0 Å². The lowest BCUT2D eigenvalue weighted by Crippen LogP contribution is -2.28. The number of rotatable bonds is 5. The van der Waals surface area contributed by atoms with E-state index in [1.807, 2.05) is 67.1 Å². The Morgan fingerprint density at radius 1 is 1.08 bits per heavy atom. The van der Waals surface area contributed by atoms with Gasteiger partial charge in [0.2, 0.25) is 0 Å². The Kier molecular flexibility index (Phi) is 5.73. The normalized spacial score (nSPS) is 10.6. The maximum Gasteiger partial charge on any atom is 0.319 e. The van der Waals surface area contributed by atoms with Crippen LogP contribution in [0.3, 0.4) is 0 Å². The number of hydrogen-bond donors (Lipinski definition) is 2.